The first-order valence-electron chi connectivity index (χ1n) is 9.50. The molecule has 2 unspecified atom stereocenters. The van der Waals surface area contributed by atoms with E-state index in [9.17, 15) is 5.11 Å². The van der Waals surface area contributed by atoms with E-state index in [-0.39, 0.29) is 5.92 Å². The highest BCUT2D eigenvalue weighted by molar-refractivity contribution is 5.65. The first-order valence-corrected chi connectivity index (χ1v) is 9.50. The summed E-state index contributed by atoms with van der Waals surface area (Å²) < 4.78 is 5.81. The number of aromatic nitrogens is 2. The van der Waals surface area contributed by atoms with Crippen LogP contribution < -0.4 is 0 Å². The van der Waals surface area contributed by atoms with Gasteiger partial charge in [-0.05, 0) is 47.2 Å². The molecule has 0 aliphatic heterocycles. The fourth-order valence-corrected chi connectivity index (χ4v) is 3.94. The Labute approximate surface area is 163 Å². The predicted octanol–water partition coefficient (Wildman–Crippen LogP) is 4.85. The van der Waals surface area contributed by atoms with Crippen molar-refractivity contribution in [3.63, 3.8) is 0 Å². The van der Waals surface area contributed by atoms with Gasteiger partial charge in [-0.3, -0.25) is 4.98 Å². The molecule has 0 amide bonds. The van der Waals surface area contributed by atoms with Crippen LogP contribution in [0.4, 0.5) is 0 Å². The molecule has 1 aliphatic carbocycles. The number of nitrogens with zero attached hydrogens (tertiary/aromatic N) is 2. The number of rotatable bonds is 4. The Balaban J connectivity index is 1.36. The van der Waals surface area contributed by atoms with E-state index in [0.29, 0.717) is 11.7 Å². The van der Waals surface area contributed by atoms with Crippen molar-refractivity contribution in [2.75, 3.05) is 0 Å². The molecule has 28 heavy (non-hydrogen) atoms. The minimum Gasteiger partial charge on any atom is -0.436 e. The second kappa shape index (κ2) is 7.06. The highest BCUT2D eigenvalue weighted by Gasteiger charge is 2.31. The topological polar surface area (TPSA) is 59.2 Å². The number of aliphatic hydroxyl groups is 1. The van der Waals surface area contributed by atoms with Gasteiger partial charge in [0, 0.05) is 12.1 Å². The van der Waals surface area contributed by atoms with E-state index >= 15 is 0 Å². The van der Waals surface area contributed by atoms with Gasteiger partial charge < -0.3 is 9.52 Å². The van der Waals surface area contributed by atoms with E-state index in [0.717, 1.165) is 18.5 Å². The second-order valence-electron chi connectivity index (χ2n) is 7.24. The molecule has 0 saturated heterocycles. The number of benzene rings is 2. The van der Waals surface area contributed by atoms with Crippen LogP contribution in [0.15, 0.2) is 83.5 Å². The molecule has 0 radical (unpaired) electrons. The molecular formula is C24H20N2O2. The van der Waals surface area contributed by atoms with Gasteiger partial charge in [-0.1, -0.05) is 54.6 Å². The molecule has 1 aliphatic rings. The summed E-state index contributed by atoms with van der Waals surface area (Å²) in [5.74, 6) is 1.01. The fourth-order valence-electron chi connectivity index (χ4n) is 3.94. The van der Waals surface area contributed by atoms with Crippen molar-refractivity contribution in [3.8, 4) is 22.6 Å². The summed E-state index contributed by atoms with van der Waals surface area (Å²) in [6.45, 7) is 0. The zero-order valence-electron chi connectivity index (χ0n) is 15.3. The molecule has 0 spiro atoms. The van der Waals surface area contributed by atoms with Crippen LogP contribution in [0.25, 0.3) is 22.6 Å². The van der Waals surface area contributed by atoms with Gasteiger partial charge in [0.25, 0.3) is 0 Å². The van der Waals surface area contributed by atoms with Crippen LogP contribution >= 0.6 is 0 Å². The molecule has 1 N–H and O–H groups in total. The Bertz CT molecular complexity index is 1090. The van der Waals surface area contributed by atoms with E-state index in [2.05, 4.69) is 52.4 Å². The van der Waals surface area contributed by atoms with Crippen LogP contribution in [0.2, 0.25) is 0 Å². The van der Waals surface area contributed by atoms with Crippen LogP contribution in [-0.4, -0.2) is 15.1 Å². The van der Waals surface area contributed by atoms with E-state index < -0.39 is 6.10 Å². The number of hydrogen-bond donors (Lipinski definition) is 1. The summed E-state index contributed by atoms with van der Waals surface area (Å²) in [4.78, 5) is 8.58. The molecule has 4 aromatic rings. The van der Waals surface area contributed by atoms with E-state index in [1.165, 1.54) is 22.3 Å². The highest BCUT2D eigenvalue weighted by Crippen LogP contribution is 2.37. The minimum absolute atomic E-state index is 0.0660. The average Bonchev–Trinajstić information content (AvgIpc) is 3.41. The average molecular weight is 368 g/mol. The molecule has 2 aromatic carbocycles. The Morgan fingerprint density at radius 3 is 2.50 bits per heavy atom. The van der Waals surface area contributed by atoms with Gasteiger partial charge >= 0.3 is 0 Å². The molecule has 4 nitrogen and oxygen atoms in total. The summed E-state index contributed by atoms with van der Waals surface area (Å²) >= 11 is 0. The Kier molecular flexibility index (Phi) is 4.26. The van der Waals surface area contributed by atoms with Crippen molar-refractivity contribution in [2.24, 2.45) is 5.92 Å². The molecule has 2 heterocycles. The quantitative estimate of drug-likeness (QED) is 0.559. The van der Waals surface area contributed by atoms with Gasteiger partial charge in [-0.15, -0.1) is 0 Å². The lowest BCUT2D eigenvalue weighted by Gasteiger charge is -2.13. The van der Waals surface area contributed by atoms with Gasteiger partial charge in [0.05, 0.1) is 6.20 Å². The normalized spacial score (nSPS) is 16.7. The zero-order valence-corrected chi connectivity index (χ0v) is 15.3. The SMILES string of the molecule is OC(c1ncc(-c2ccccn2)o1)C1Cc2ccc(-c3ccccc3)cc2C1. The third-order valence-corrected chi connectivity index (χ3v) is 5.42. The maximum atomic E-state index is 10.9. The summed E-state index contributed by atoms with van der Waals surface area (Å²) in [5.41, 5.74) is 5.72. The van der Waals surface area contributed by atoms with Crippen LogP contribution in [0, 0.1) is 5.92 Å². The Morgan fingerprint density at radius 2 is 1.68 bits per heavy atom. The second-order valence-corrected chi connectivity index (χ2v) is 7.24. The zero-order chi connectivity index (χ0) is 18.9. The van der Waals surface area contributed by atoms with Crippen molar-refractivity contribution in [3.05, 3.63) is 96.1 Å². The molecule has 0 fully saturated rings. The van der Waals surface area contributed by atoms with E-state index in [1.807, 2.05) is 24.3 Å². The monoisotopic (exact) mass is 368 g/mol. The standard InChI is InChI=1S/C24H20N2O2/c27-23(24-26-15-22(28-24)21-8-4-5-11-25-21)20-13-18-10-9-17(12-19(18)14-20)16-6-2-1-3-7-16/h1-12,15,20,23,27H,13-14H2. The number of hydrogen-bond acceptors (Lipinski definition) is 4. The lowest BCUT2D eigenvalue weighted by Crippen LogP contribution is -2.13. The van der Waals surface area contributed by atoms with Crippen LogP contribution in [-0.2, 0) is 12.8 Å². The van der Waals surface area contributed by atoms with E-state index in [4.69, 9.17) is 4.42 Å². The summed E-state index contributed by atoms with van der Waals surface area (Å²) in [7, 11) is 0. The smallest absolute Gasteiger partial charge is 0.224 e. The first kappa shape index (κ1) is 16.9. The van der Waals surface area contributed by atoms with Crippen molar-refractivity contribution in [2.45, 2.75) is 18.9 Å². The van der Waals surface area contributed by atoms with Gasteiger partial charge in [0.2, 0.25) is 5.89 Å². The molecule has 0 bridgehead atoms. The van der Waals surface area contributed by atoms with Gasteiger partial charge in [0.15, 0.2) is 5.76 Å². The Morgan fingerprint density at radius 1 is 0.857 bits per heavy atom. The number of aliphatic hydroxyl groups excluding tert-OH is 1. The molecular weight excluding hydrogens is 348 g/mol. The van der Waals surface area contributed by atoms with Crippen LogP contribution in [0.5, 0.6) is 0 Å². The van der Waals surface area contributed by atoms with Gasteiger partial charge in [-0.25, -0.2) is 4.98 Å². The van der Waals surface area contributed by atoms with Crippen molar-refractivity contribution < 1.29 is 9.52 Å². The molecule has 2 aromatic heterocycles. The predicted molar refractivity (Wildman–Crippen MR) is 107 cm³/mol. The summed E-state index contributed by atoms with van der Waals surface area (Å²) in [5, 5.41) is 10.9. The largest absolute Gasteiger partial charge is 0.436 e. The Hall–Kier alpha value is -3.24. The summed E-state index contributed by atoms with van der Waals surface area (Å²) in [6.07, 6.45) is 4.26. The maximum absolute atomic E-state index is 10.9. The van der Waals surface area contributed by atoms with Gasteiger partial charge in [-0.2, -0.15) is 0 Å². The molecule has 138 valence electrons. The summed E-state index contributed by atoms with van der Waals surface area (Å²) in [6, 6.07) is 22.6. The maximum Gasteiger partial charge on any atom is 0.224 e. The highest BCUT2D eigenvalue weighted by atomic mass is 16.4. The number of pyridine rings is 1. The lowest BCUT2D eigenvalue weighted by molar-refractivity contribution is 0.0856. The fraction of sp³-hybridized carbons (Fsp3) is 0.167. The molecule has 5 rings (SSSR count). The van der Waals surface area contributed by atoms with Crippen molar-refractivity contribution in [1.29, 1.82) is 0 Å². The molecule has 4 heteroatoms. The number of fused-ring (bicyclic) bond motifs is 1. The third-order valence-electron chi connectivity index (χ3n) is 5.42. The van der Waals surface area contributed by atoms with Crippen molar-refractivity contribution in [1.82, 2.24) is 9.97 Å². The molecule has 0 saturated carbocycles. The van der Waals surface area contributed by atoms with Crippen molar-refractivity contribution >= 4 is 0 Å². The molecule has 2 atom stereocenters. The third kappa shape index (κ3) is 3.12. The van der Waals surface area contributed by atoms with Crippen LogP contribution in [0.3, 0.4) is 0 Å². The number of oxazole rings is 1. The lowest BCUT2D eigenvalue weighted by atomic mass is 9.99. The minimum atomic E-state index is -0.731. The first-order chi connectivity index (χ1) is 13.8. The van der Waals surface area contributed by atoms with E-state index in [1.54, 1.807) is 12.4 Å². The van der Waals surface area contributed by atoms with Gasteiger partial charge in [0.1, 0.15) is 11.8 Å². The van der Waals surface area contributed by atoms with Crippen LogP contribution in [0.1, 0.15) is 23.1 Å².